The van der Waals surface area contributed by atoms with E-state index in [1.54, 1.807) is 31.2 Å². The van der Waals surface area contributed by atoms with Crippen LogP contribution in [0.25, 0.3) is 0 Å². The third kappa shape index (κ3) is 3.63. The van der Waals surface area contributed by atoms with E-state index < -0.39 is 11.6 Å². The Balaban J connectivity index is 1.58. The van der Waals surface area contributed by atoms with Crippen LogP contribution in [0.2, 0.25) is 0 Å². The second-order valence-corrected chi connectivity index (χ2v) is 8.03. The number of rotatable bonds is 4. The van der Waals surface area contributed by atoms with Crippen LogP contribution in [-0.4, -0.2) is 11.9 Å². The summed E-state index contributed by atoms with van der Waals surface area (Å²) in [6, 6.07) is 21.5. The van der Waals surface area contributed by atoms with Gasteiger partial charge in [-0.2, -0.15) is 0 Å². The first-order valence-corrected chi connectivity index (χ1v) is 9.93. The molecule has 4 rings (SSSR count). The van der Waals surface area contributed by atoms with Gasteiger partial charge >= 0.3 is 6.03 Å². The molecule has 1 aliphatic heterocycles. The number of urea groups is 1. The molecular weight excluding hydrogens is 432 g/mol. The molecule has 1 saturated heterocycles. The molecule has 1 fully saturated rings. The molecule has 3 aromatic rings. The first kappa shape index (κ1) is 19.2. The molecule has 0 saturated carbocycles. The number of halogens is 1. The number of hydrogen-bond acceptors (Lipinski definition) is 3. The number of nitrogens with zero attached hydrogens (tertiary/aromatic N) is 1. The predicted molar refractivity (Wildman–Crippen MR) is 115 cm³/mol. The highest BCUT2D eigenvalue weighted by Gasteiger charge is 2.49. The molecule has 29 heavy (non-hydrogen) atoms. The fraction of sp³-hybridized carbons (Fsp3) is 0.130. The number of aryl methyl sites for hydroxylation is 1. The number of carbonyl (C=O) groups excluding carboxylic acids is 2. The van der Waals surface area contributed by atoms with Crippen molar-refractivity contribution in [3.63, 3.8) is 0 Å². The Bertz CT molecular complexity index is 1100. The third-order valence-corrected chi connectivity index (χ3v) is 5.41. The molecule has 0 spiro atoms. The first-order chi connectivity index (χ1) is 13.9. The second kappa shape index (κ2) is 7.37. The number of imide groups is 1. The molecule has 1 unspecified atom stereocenters. The summed E-state index contributed by atoms with van der Waals surface area (Å²) in [7, 11) is 0. The van der Waals surface area contributed by atoms with Gasteiger partial charge in [-0.25, -0.2) is 9.69 Å². The Morgan fingerprint density at radius 3 is 2.34 bits per heavy atom. The standard InChI is InChI=1S/C23H19BrN2O3/c1-15-5-3-8-20(13-15)29-19-11-9-18(10-12-19)26-21(27)23(2,25-22(26)28)16-6-4-7-17(24)14-16/h3-14H,1-2H3,(H,25,28). The van der Waals surface area contributed by atoms with Crippen molar-refractivity contribution in [2.75, 3.05) is 4.90 Å². The van der Waals surface area contributed by atoms with Crippen molar-refractivity contribution in [3.05, 3.63) is 88.4 Å². The Hall–Kier alpha value is -3.12. The van der Waals surface area contributed by atoms with Gasteiger partial charge in [0.15, 0.2) is 0 Å². The molecule has 6 heteroatoms. The van der Waals surface area contributed by atoms with Crippen LogP contribution in [0.15, 0.2) is 77.3 Å². The van der Waals surface area contributed by atoms with Crippen LogP contribution in [0.4, 0.5) is 10.5 Å². The van der Waals surface area contributed by atoms with Crippen LogP contribution in [-0.2, 0) is 10.3 Å². The topological polar surface area (TPSA) is 58.6 Å². The molecule has 146 valence electrons. The van der Waals surface area contributed by atoms with E-state index in [0.717, 1.165) is 20.7 Å². The van der Waals surface area contributed by atoms with Gasteiger partial charge in [0.25, 0.3) is 5.91 Å². The molecule has 1 N–H and O–H groups in total. The van der Waals surface area contributed by atoms with Crippen molar-refractivity contribution in [1.82, 2.24) is 5.32 Å². The van der Waals surface area contributed by atoms with Crippen LogP contribution in [0.5, 0.6) is 11.5 Å². The van der Waals surface area contributed by atoms with E-state index >= 15 is 0 Å². The highest BCUT2D eigenvalue weighted by Crippen LogP contribution is 2.34. The Kier molecular flexibility index (Phi) is 4.88. The van der Waals surface area contributed by atoms with Crippen LogP contribution in [0.1, 0.15) is 18.1 Å². The molecule has 0 radical (unpaired) electrons. The lowest BCUT2D eigenvalue weighted by atomic mass is 9.92. The number of ether oxygens (including phenoxy) is 1. The van der Waals surface area contributed by atoms with Crippen molar-refractivity contribution in [2.24, 2.45) is 0 Å². The molecule has 3 amide bonds. The van der Waals surface area contributed by atoms with Crippen LogP contribution in [0.3, 0.4) is 0 Å². The van der Waals surface area contributed by atoms with Gasteiger partial charge in [0, 0.05) is 4.47 Å². The SMILES string of the molecule is Cc1cccc(Oc2ccc(N3C(=O)NC(C)(c4cccc(Br)c4)C3=O)cc2)c1. The minimum Gasteiger partial charge on any atom is -0.457 e. The summed E-state index contributed by atoms with van der Waals surface area (Å²) in [4.78, 5) is 26.9. The summed E-state index contributed by atoms with van der Waals surface area (Å²) in [5.41, 5.74) is 1.18. The Morgan fingerprint density at radius 1 is 0.931 bits per heavy atom. The van der Waals surface area contributed by atoms with E-state index in [-0.39, 0.29) is 5.91 Å². The zero-order chi connectivity index (χ0) is 20.6. The summed E-state index contributed by atoms with van der Waals surface area (Å²) in [5, 5.41) is 2.82. The average molecular weight is 451 g/mol. The second-order valence-electron chi connectivity index (χ2n) is 7.12. The molecule has 5 nitrogen and oxygen atoms in total. The monoisotopic (exact) mass is 450 g/mol. The predicted octanol–water partition coefficient (Wildman–Crippen LogP) is 5.52. The van der Waals surface area contributed by atoms with E-state index in [1.165, 1.54) is 0 Å². The summed E-state index contributed by atoms with van der Waals surface area (Å²) < 4.78 is 6.69. The maximum Gasteiger partial charge on any atom is 0.329 e. The summed E-state index contributed by atoms with van der Waals surface area (Å²) >= 11 is 3.42. The summed E-state index contributed by atoms with van der Waals surface area (Å²) in [5.74, 6) is 1.03. The number of amides is 3. The maximum absolute atomic E-state index is 13.2. The zero-order valence-corrected chi connectivity index (χ0v) is 17.6. The van der Waals surface area contributed by atoms with Gasteiger partial charge in [-0.15, -0.1) is 0 Å². The molecule has 0 aliphatic carbocycles. The van der Waals surface area contributed by atoms with Crippen LogP contribution >= 0.6 is 15.9 Å². The minimum absolute atomic E-state index is 0.326. The lowest BCUT2D eigenvalue weighted by molar-refractivity contribution is -0.121. The first-order valence-electron chi connectivity index (χ1n) is 9.14. The number of benzene rings is 3. The molecule has 1 heterocycles. The molecule has 1 aliphatic rings. The minimum atomic E-state index is -1.13. The van der Waals surface area contributed by atoms with Crippen molar-refractivity contribution in [2.45, 2.75) is 19.4 Å². The third-order valence-electron chi connectivity index (χ3n) is 4.91. The smallest absolute Gasteiger partial charge is 0.329 e. The number of hydrogen-bond donors (Lipinski definition) is 1. The van der Waals surface area contributed by atoms with Gasteiger partial charge in [-0.05, 0) is 73.5 Å². The normalized spacial score (nSPS) is 18.7. The fourth-order valence-corrected chi connectivity index (χ4v) is 3.75. The van der Waals surface area contributed by atoms with Crippen molar-refractivity contribution in [1.29, 1.82) is 0 Å². The van der Waals surface area contributed by atoms with E-state index in [2.05, 4.69) is 21.2 Å². The summed E-state index contributed by atoms with van der Waals surface area (Å²) in [6.45, 7) is 3.71. The molecule has 3 aromatic carbocycles. The van der Waals surface area contributed by atoms with Gasteiger partial charge in [0.1, 0.15) is 17.0 Å². The lowest BCUT2D eigenvalue weighted by Crippen LogP contribution is -2.40. The van der Waals surface area contributed by atoms with Crippen molar-refractivity contribution >= 4 is 33.6 Å². The highest BCUT2D eigenvalue weighted by atomic mass is 79.9. The number of carbonyl (C=O) groups is 2. The zero-order valence-electron chi connectivity index (χ0n) is 16.0. The van der Waals surface area contributed by atoms with Crippen LogP contribution < -0.4 is 15.0 Å². The quantitative estimate of drug-likeness (QED) is 0.532. The van der Waals surface area contributed by atoms with Gasteiger partial charge < -0.3 is 10.1 Å². The molecule has 0 bridgehead atoms. The van der Waals surface area contributed by atoms with Gasteiger partial charge in [0.05, 0.1) is 5.69 Å². The van der Waals surface area contributed by atoms with E-state index in [0.29, 0.717) is 17.0 Å². The largest absolute Gasteiger partial charge is 0.457 e. The highest BCUT2D eigenvalue weighted by molar-refractivity contribution is 9.10. The van der Waals surface area contributed by atoms with Gasteiger partial charge in [-0.3, -0.25) is 4.79 Å². The molecular formula is C23H19BrN2O3. The average Bonchev–Trinajstić information content (AvgIpc) is 2.92. The van der Waals surface area contributed by atoms with Crippen LogP contribution in [0, 0.1) is 6.92 Å². The van der Waals surface area contributed by atoms with Crippen molar-refractivity contribution in [3.8, 4) is 11.5 Å². The number of anilines is 1. The number of nitrogens with one attached hydrogen (secondary N) is 1. The van der Waals surface area contributed by atoms with Gasteiger partial charge in [0.2, 0.25) is 0 Å². The van der Waals surface area contributed by atoms with E-state index in [1.807, 2.05) is 55.5 Å². The maximum atomic E-state index is 13.2. The fourth-order valence-electron chi connectivity index (χ4n) is 3.35. The molecule has 1 atom stereocenters. The lowest BCUT2D eigenvalue weighted by Gasteiger charge is -2.22. The van der Waals surface area contributed by atoms with E-state index in [4.69, 9.17) is 4.74 Å². The van der Waals surface area contributed by atoms with Crippen molar-refractivity contribution < 1.29 is 14.3 Å². The Labute approximate surface area is 177 Å². The Morgan fingerprint density at radius 2 is 1.66 bits per heavy atom. The molecule has 0 aromatic heterocycles. The van der Waals surface area contributed by atoms with E-state index in [9.17, 15) is 9.59 Å². The van der Waals surface area contributed by atoms with Gasteiger partial charge in [-0.1, -0.05) is 40.2 Å². The summed E-state index contributed by atoms with van der Waals surface area (Å²) in [6.07, 6.45) is 0.